The van der Waals surface area contributed by atoms with Crippen LogP contribution in [0, 0.1) is 0 Å². The Morgan fingerprint density at radius 2 is 1.80 bits per heavy atom. The summed E-state index contributed by atoms with van der Waals surface area (Å²) in [5.74, 6) is -4.97. The van der Waals surface area contributed by atoms with Gasteiger partial charge in [-0.15, -0.1) is 0 Å². The minimum absolute atomic E-state index is 0.120. The van der Waals surface area contributed by atoms with E-state index in [1.54, 1.807) is 6.20 Å². The Bertz CT molecular complexity index is 472. The van der Waals surface area contributed by atoms with Gasteiger partial charge >= 0.3 is 0 Å². The summed E-state index contributed by atoms with van der Waals surface area (Å²) in [7, 11) is 0. The molecule has 0 unspecified atom stereocenters. The summed E-state index contributed by atoms with van der Waals surface area (Å²) in [6, 6.07) is 5.67. The van der Waals surface area contributed by atoms with E-state index in [1.807, 2.05) is 18.2 Å². The lowest BCUT2D eigenvalue weighted by Gasteiger charge is -2.38. The molecule has 20 heavy (non-hydrogen) atoms. The molecule has 1 aromatic heterocycles. The van der Waals surface area contributed by atoms with Crippen molar-refractivity contribution in [1.29, 1.82) is 0 Å². The van der Waals surface area contributed by atoms with E-state index in [-0.39, 0.29) is 18.8 Å². The van der Waals surface area contributed by atoms with Crippen LogP contribution in [0.1, 0.15) is 37.3 Å². The van der Waals surface area contributed by atoms with Crippen LogP contribution in [0.25, 0.3) is 0 Å². The topological polar surface area (TPSA) is 103 Å². The molecule has 1 spiro atoms. The van der Waals surface area contributed by atoms with Gasteiger partial charge in [-0.1, -0.05) is 6.07 Å². The average molecular weight is 281 g/mol. The lowest BCUT2D eigenvalue weighted by atomic mass is 9.82. The minimum Gasteiger partial charge on any atom is -0.375 e. The maximum absolute atomic E-state index is 9.76. The average Bonchev–Trinajstić information content (AvgIpc) is 2.55. The Hall–Kier alpha value is -1.05. The molecule has 110 valence electrons. The maximum Gasteiger partial charge on any atom is 0.221 e. The third kappa shape index (κ3) is 2.23. The fourth-order valence-electron chi connectivity index (χ4n) is 3.39. The fourth-order valence-corrected chi connectivity index (χ4v) is 3.39. The standard InChI is InChI=1S/C14H19NO5/c16-13(17)8-12(9-14(13,18)19)7-10(4-6-20-12)11-3-1-2-5-15-11/h1-3,5,10,16-19H,4,6-9H2/t10-/m1/s1. The highest BCUT2D eigenvalue weighted by Gasteiger charge is 2.63. The van der Waals surface area contributed by atoms with Gasteiger partial charge < -0.3 is 25.2 Å². The highest BCUT2D eigenvalue weighted by molar-refractivity contribution is 5.15. The zero-order valence-electron chi connectivity index (χ0n) is 11.1. The Morgan fingerprint density at radius 3 is 2.40 bits per heavy atom. The molecule has 0 aromatic carbocycles. The normalized spacial score (nSPS) is 30.5. The molecule has 1 aliphatic carbocycles. The van der Waals surface area contributed by atoms with Gasteiger partial charge in [0.05, 0.1) is 5.60 Å². The van der Waals surface area contributed by atoms with E-state index in [2.05, 4.69) is 4.98 Å². The van der Waals surface area contributed by atoms with E-state index in [0.29, 0.717) is 13.0 Å². The Labute approximate surface area is 116 Å². The molecule has 4 N–H and O–H groups in total. The van der Waals surface area contributed by atoms with Crippen molar-refractivity contribution in [2.75, 3.05) is 6.61 Å². The Kier molecular flexibility index (Phi) is 3.11. The first-order valence-corrected chi connectivity index (χ1v) is 6.78. The number of ether oxygens (including phenoxy) is 1. The number of hydrogen-bond acceptors (Lipinski definition) is 6. The third-order valence-electron chi connectivity index (χ3n) is 4.38. The molecular formula is C14H19NO5. The number of aromatic nitrogens is 1. The molecule has 6 nitrogen and oxygen atoms in total. The second kappa shape index (κ2) is 4.47. The first kappa shape index (κ1) is 13.9. The fraction of sp³-hybridized carbons (Fsp3) is 0.643. The van der Waals surface area contributed by atoms with Gasteiger partial charge in [-0.2, -0.15) is 0 Å². The molecule has 1 saturated carbocycles. The van der Waals surface area contributed by atoms with Crippen molar-refractivity contribution in [3.8, 4) is 0 Å². The van der Waals surface area contributed by atoms with Crippen molar-refractivity contribution in [3.63, 3.8) is 0 Å². The lowest BCUT2D eigenvalue weighted by molar-refractivity contribution is -0.339. The molecule has 2 fully saturated rings. The van der Waals surface area contributed by atoms with Gasteiger partial charge in [-0.25, -0.2) is 0 Å². The van der Waals surface area contributed by atoms with Crippen molar-refractivity contribution in [1.82, 2.24) is 4.98 Å². The summed E-state index contributed by atoms with van der Waals surface area (Å²) in [5.41, 5.74) is -0.00185. The monoisotopic (exact) mass is 281 g/mol. The van der Waals surface area contributed by atoms with Crippen LogP contribution >= 0.6 is 0 Å². The molecule has 0 bridgehead atoms. The van der Waals surface area contributed by atoms with E-state index in [9.17, 15) is 20.4 Å². The summed E-state index contributed by atoms with van der Waals surface area (Å²) in [6.45, 7) is 0.438. The van der Waals surface area contributed by atoms with E-state index in [4.69, 9.17) is 4.74 Å². The molecule has 3 rings (SSSR count). The SMILES string of the molecule is OC1(O)CC2(C[C@H](c3ccccn3)CCO2)CC1(O)O. The molecule has 0 amide bonds. The second-order valence-electron chi connectivity index (χ2n) is 5.96. The van der Waals surface area contributed by atoms with Crippen LogP contribution in [0.5, 0.6) is 0 Å². The number of nitrogens with zero attached hydrogens (tertiary/aromatic N) is 1. The predicted molar refractivity (Wildman–Crippen MR) is 68.5 cm³/mol. The maximum atomic E-state index is 9.76. The van der Waals surface area contributed by atoms with Crippen LogP contribution in [0.3, 0.4) is 0 Å². The van der Waals surface area contributed by atoms with Gasteiger partial charge in [0, 0.05) is 37.3 Å². The molecule has 1 aromatic rings. The molecule has 1 atom stereocenters. The highest BCUT2D eigenvalue weighted by atomic mass is 16.6. The third-order valence-corrected chi connectivity index (χ3v) is 4.38. The van der Waals surface area contributed by atoms with Crippen LogP contribution in [0.2, 0.25) is 0 Å². The van der Waals surface area contributed by atoms with Crippen LogP contribution in [0.15, 0.2) is 24.4 Å². The Morgan fingerprint density at radius 1 is 1.10 bits per heavy atom. The smallest absolute Gasteiger partial charge is 0.221 e. The quantitative estimate of drug-likeness (QED) is 0.535. The summed E-state index contributed by atoms with van der Waals surface area (Å²) < 4.78 is 5.68. The zero-order chi connectivity index (χ0) is 14.4. The van der Waals surface area contributed by atoms with Gasteiger partial charge in [0.2, 0.25) is 11.6 Å². The van der Waals surface area contributed by atoms with Gasteiger partial charge in [0.1, 0.15) is 0 Å². The molecule has 1 saturated heterocycles. The van der Waals surface area contributed by atoms with E-state index >= 15 is 0 Å². The van der Waals surface area contributed by atoms with Gasteiger partial charge in [-0.05, 0) is 25.0 Å². The second-order valence-corrected chi connectivity index (χ2v) is 5.96. The summed E-state index contributed by atoms with van der Waals surface area (Å²) >= 11 is 0. The van der Waals surface area contributed by atoms with E-state index < -0.39 is 17.2 Å². The highest BCUT2D eigenvalue weighted by Crippen LogP contribution is 2.51. The number of hydrogen-bond donors (Lipinski definition) is 4. The number of aliphatic hydroxyl groups is 4. The van der Waals surface area contributed by atoms with Gasteiger partial charge in [-0.3, -0.25) is 4.98 Å². The first-order chi connectivity index (χ1) is 9.34. The number of pyridine rings is 1. The molecule has 2 heterocycles. The lowest BCUT2D eigenvalue weighted by Crippen LogP contribution is -2.49. The summed E-state index contributed by atoms with van der Waals surface area (Å²) in [5, 5.41) is 39.0. The van der Waals surface area contributed by atoms with Crippen LogP contribution < -0.4 is 0 Å². The molecule has 2 aliphatic rings. The Balaban J connectivity index is 1.83. The predicted octanol–water partition coefficient (Wildman–Crippen LogP) is -0.130. The molecule has 0 radical (unpaired) electrons. The van der Waals surface area contributed by atoms with Gasteiger partial charge in [0.15, 0.2) is 0 Å². The van der Waals surface area contributed by atoms with Gasteiger partial charge in [0.25, 0.3) is 0 Å². The summed E-state index contributed by atoms with van der Waals surface area (Å²) in [6.07, 6.45) is 2.58. The molecule has 1 aliphatic heterocycles. The number of rotatable bonds is 1. The minimum atomic E-state index is -2.54. The van der Waals surface area contributed by atoms with Crippen molar-refractivity contribution >= 4 is 0 Å². The van der Waals surface area contributed by atoms with Crippen molar-refractivity contribution < 1.29 is 25.2 Å². The van der Waals surface area contributed by atoms with Crippen molar-refractivity contribution in [3.05, 3.63) is 30.1 Å². The van der Waals surface area contributed by atoms with E-state index in [1.165, 1.54) is 0 Å². The molecular weight excluding hydrogens is 262 g/mol. The van der Waals surface area contributed by atoms with Crippen LogP contribution in [-0.4, -0.2) is 49.2 Å². The first-order valence-electron chi connectivity index (χ1n) is 6.78. The summed E-state index contributed by atoms with van der Waals surface area (Å²) in [4.78, 5) is 4.32. The van der Waals surface area contributed by atoms with E-state index in [0.717, 1.165) is 12.1 Å². The molecule has 6 heteroatoms. The zero-order valence-corrected chi connectivity index (χ0v) is 11.1. The largest absolute Gasteiger partial charge is 0.375 e. The van der Waals surface area contributed by atoms with Crippen molar-refractivity contribution in [2.45, 2.75) is 48.8 Å². The van der Waals surface area contributed by atoms with Crippen LogP contribution in [0.4, 0.5) is 0 Å². The van der Waals surface area contributed by atoms with Crippen LogP contribution in [-0.2, 0) is 4.74 Å². The van der Waals surface area contributed by atoms with Crippen molar-refractivity contribution in [2.24, 2.45) is 0 Å².